The van der Waals surface area contributed by atoms with E-state index in [-0.39, 0.29) is 5.91 Å². The van der Waals surface area contributed by atoms with Crippen molar-refractivity contribution in [2.75, 3.05) is 26.2 Å². The van der Waals surface area contributed by atoms with E-state index in [1.807, 2.05) is 11.0 Å². The zero-order chi connectivity index (χ0) is 14.7. The third-order valence-corrected chi connectivity index (χ3v) is 3.47. The molecule has 3 rings (SSSR count). The van der Waals surface area contributed by atoms with E-state index in [1.54, 1.807) is 25.3 Å². The van der Waals surface area contributed by atoms with E-state index >= 15 is 0 Å². The summed E-state index contributed by atoms with van der Waals surface area (Å²) >= 11 is 0. The first kappa shape index (κ1) is 13.7. The van der Waals surface area contributed by atoms with Crippen molar-refractivity contribution in [3.8, 4) is 0 Å². The van der Waals surface area contributed by atoms with Crippen LogP contribution in [0.15, 0.2) is 28.8 Å². The number of aromatic nitrogens is 3. The molecule has 1 fully saturated rings. The largest absolute Gasteiger partial charge is 0.424 e. The molecule has 3 heterocycles. The van der Waals surface area contributed by atoms with Gasteiger partial charge < -0.3 is 9.32 Å². The lowest BCUT2D eigenvalue weighted by molar-refractivity contribution is 0.0612. The van der Waals surface area contributed by atoms with Gasteiger partial charge in [0.1, 0.15) is 5.69 Å². The summed E-state index contributed by atoms with van der Waals surface area (Å²) < 4.78 is 5.38. The highest BCUT2D eigenvalue weighted by Crippen LogP contribution is 2.10. The summed E-state index contributed by atoms with van der Waals surface area (Å²) in [6.07, 6.45) is 1.64. The Morgan fingerprint density at radius 1 is 1.24 bits per heavy atom. The first-order valence-corrected chi connectivity index (χ1v) is 6.94. The Balaban J connectivity index is 1.54. The van der Waals surface area contributed by atoms with Crippen molar-refractivity contribution in [3.63, 3.8) is 0 Å². The Bertz CT molecular complexity index is 605. The zero-order valence-corrected chi connectivity index (χ0v) is 11.9. The minimum Gasteiger partial charge on any atom is -0.424 e. The van der Waals surface area contributed by atoms with Crippen LogP contribution < -0.4 is 0 Å². The van der Waals surface area contributed by atoms with Crippen LogP contribution in [0.2, 0.25) is 0 Å². The van der Waals surface area contributed by atoms with Gasteiger partial charge in [0.15, 0.2) is 0 Å². The second-order valence-electron chi connectivity index (χ2n) is 5.00. The van der Waals surface area contributed by atoms with Gasteiger partial charge in [-0.25, -0.2) is 0 Å². The lowest BCUT2D eigenvalue weighted by Gasteiger charge is -2.33. The van der Waals surface area contributed by atoms with E-state index in [0.29, 0.717) is 37.1 Å². The van der Waals surface area contributed by atoms with Crippen LogP contribution in [0.1, 0.15) is 22.3 Å². The van der Waals surface area contributed by atoms with E-state index in [4.69, 9.17) is 4.42 Å². The lowest BCUT2D eigenvalue weighted by Crippen LogP contribution is -2.48. The van der Waals surface area contributed by atoms with Crippen molar-refractivity contribution in [2.24, 2.45) is 0 Å². The van der Waals surface area contributed by atoms with Crippen molar-refractivity contribution in [2.45, 2.75) is 13.5 Å². The molecule has 0 N–H and O–H groups in total. The first-order valence-electron chi connectivity index (χ1n) is 6.94. The van der Waals surface area contributed by atoms with Crippen LogP contribution in [0.5, 0.6) is 0 Å². The van der Waals surface area contributed by atoms with Gasteiger partial charge in [-0.15, -0.1) is 10.2 Å². The minimum absolute atomic E-state index is 0.0103. The average Bonchev–Trinajstić information content (AvgIpc) is 2.93. The number of carbonyl (C=O) groups is 1. The Hall–Kier alpha value is -2.28. The molecule has 1 saturated heterocycles. The molecule has 0 aromatic carbocycles. The van der Waals surface area contributed by atoms with Crippen molar-refractivity contribution >= 4 is 5.91 Å². The van der Waals surface area contributed by atoms with Crippen molar-refractivity contribution < 1.29 is 9.21 Å². The maximum Gasteiger partial charge on any atom is 0.272 e. The van der Waals surface area contributed by atoms with Gasteiger partial charge in [0.2, 0.25) is 11.8 Å². The van der Waals surface area contributed by atoms with Gasteiger partial charge in [0, 0.05) is 39.3 Å². The van der Waals surface area contributed by atoms with E-state index in [1.165, 1.54) is 0 Å². The van der Waals surface area contributed by atoms with E-state index < -0.39 is 0 Å². The molecule has 0 unspecified atom stereocenters. The molecule has 21 heavy (non-hydrogen) atoms. The molecule has 1 aliphatic rings. The molecule has 1 aliphatic heterocycles. The second kappa shape index (κ2) is 6.01. The van der Waals surface area contributed by atoms with Gasteiger partial charge in [-0.05, 0) is 12.1 Å². The average molecular weight is 287 g/mol. The van der Waals surface area contributed by atoms with Gasteiger partial charge in [0.05, 0.1) is 6.54 Å². The number of carbonyl (C=O) groups excluding carboxylic acids is 1. The van der Waals surface area contributed by atoms with Crippen LogP contribution in [-0.4, -0.2) is 57.1 Å². The summed E-state index contributed by atoms with van der Waals surface area (Å²) in [7, 11) is 0. The highest BCUT2D eigenvalue weighted by Gasteiger charge is 2.23. The van der Waals surface area contributed by atoms with Crippen LogP contribution in [0.3, 0.4) is 0 Å². The Morgan fingerprint density at radius 3 is 2.67 bits per heavy atom. The number of nitrogens with zero attached hydrogens (tertiary/aromatic N) is 5. The monoisotopic (exact) mass is 287 g/mol. The molecule has 0 spiro atoms. The molecule has 0 atom stereocenters. The normalized spacial score (nSPS) is 16.1. The van der Waals surface area contributed by atoms with Crippen LogP contribution in [-0.2, 0) is 6.54 Å². The Labute approximate surface area is 122 Å². The third kappa shape index (κ3) is 3.25. The molecule has 1 amide bonds. The molecule has 7 heteroatoms. The predicted molar refractivity (Wildman–Crippen MR) is 74.5 cm³/mol. The highest BCUT2D eigenvalue weighted by molar-refractivity contribution is 5.92. The molecular formula is C14H17N5O2. The van der Waals surface area contributed by atoms with Crippen LogP contribution in [0, 0.1) is 6.92 Å². The Morgan fingerprint density at radius 2 is 2.05 bits per heavy atom. The maximum atomic E-state index is 12.3. The van der Waals surface area contributed by atoms with Gasteiger partial charge in [-0.2, -0.15) is 0 Å². The standard InChI is InChI=1S/C14H17N5O2/c1-11-16-17-13(21-11)10-18-6-8-19(9-7-18)14(20)12-4-2-3-5-15-12/h2-5H,6-10H2,1H3. The minimum atomic E-state index is -0.0103. The van der Waals surface area contributed by atoms with Gasteiger partial charge in [0.25, 0.3) is 5.91 Å². The van der Waals surface area contributed by atoms with Crippen molar-refractivity contribution in [3.05, 3.63) is 41.9 Å². The molecule has 2 aromatic rings. The number of aryl methyl sites for hydroxylation is 1. The molecule has 2 aromatic heterocycles. The quantitative estimate of drug-likeness (QED) is 0.828. The molecule has 110 valence electrons. The summed E-state index contributed by atoms with van der Waals surface area (Å²) in [4.78, 5) is 20.4. The lowest BCUT2D eigenvalue weighted by atomic mass is 10.2. The van der Waals surface area contributed by atoms with E-state index in [2.05, 4.69) is 20.1 Å². The molecule has 7 nitrogen and oxygen atoms in total. The zero-order valence-electron chi connectivity index (χ0n) is 11.9. The maximum absolute atomic E-state index is 12.3. The number of piperazine rings is 1. The fraction of sp³-hybridized carbons (Fsp3) is 0.429. The molecule has 0 aliphatic carbocycles. The number of rotatable bonds is 3. The topological polar surface area (TPSA) is 75.4 Å². The fourth-order valence-electron chi connectivity index (χ4n) is 2.35. The number of hydrogen-bond acceptors (Lipinski definition) is 6. The predicted octanol–water partition coefficient (Wildman–Crippen LogP) is 0.731. The van der Waals surface area contributed by atoms with Gasteiger partial charge in [-0.3, -0.25) is 14.7 Å². The number of amides is 1. The van der Waals surface area contributed by atoms with Crippen LogP contribution in [0.25, 0.3) is 0 Å². The van der Waals surface area contributed by atoms with Crippen LogP contribution >= 0.6 is 0 Å². The fourth-order valence-corrected chi connectivity index (χ4v) is 2.35. The van der Waals surface area contributed by atoms with Crippen molar-refractivity contribution in [1.29, 1.82) is 0 Å². The molecule has 0 bridgehead atoms. The highest BCUT2D eigenvalue weighted by atomic mass is 16.4. The second-order valence-corrected chi connectivity index (χ2v) is 5.00. The molecular weight excluding hydrogens is 270 g/mol. The number of hydrogen-bond donors (Lipinski definition) is 0. The molecule has 0 radical (unpaired) electrons. The van der Waals surface area contributed by atoms with E-state index in [9.17, 15) is 4.79 Å². The summed E-state index contributed by atoms with van der Waals surface area (Å²) in [5.74, 6) is 1.19. The van der Waals surface area contributed by atoms with Crippen LogP contribution in [0.4, 0.5) is 0 Å². The van der Waals surface area contributed by atoms with Gasteiger partial charge >= 0.3 is 0 Å². The van der Waals surface area contributed by atoms with E-state index in [0.717, 1.165) is 13.1 Å². The first-order chi connectivity index (χ1) is 10.2. The molecule has 0 saturated carbocycles. The third-order valence-electron chi connectivity index (χ3n) is 3.47. The summed E-state index contributed by atoms with van der Waals surface area (Å²) in [5, 5.41) is 7.81. The number of pyridine rings is 1. The summed E-state index contributed by atoms with van der Waals surface area (Å²) in [5.41, 5.74) is 0.499. The van der Waals surface area contributed by atoms with Gasteiger partial charge in [-0.1, -0.05) is 6.07 Å². The SMILES string of the molecule is Cc1nnc(CN2CCN(C(=O)c3ccccn3)CC2)o1. The Kier molecular flexibility index (Phi) is 3.92. The summed E-state index contributed by atoms with van der Waals surface area (Å²) in [6, 6.07) is 5.38. The summed E-state index contributed by atoms with van der Waals surface area (Å²) in [6.45, 7) is 5.36. The smallest absolute Gasteiger partial charge is 0.272 e. The van der Waals surface area contributed by atoms with Crippen molar-refractivity contribution in [1.82, 2.24) is 25.0 Å².